The Balaban J connectivity index is 1.60. The molecule has 1 aliphatic rings. The molecule has 1 aliphatic heterocycles. The van der Waals surface area contributed by atoms with Crippen LogP contribution >= 0.6 is 11.3 Å². The summed E-state index contributed by atoms with van der Waals surface area (Å²) >= 11 is 1.78. The zero-order chi connectivity index (χ0) is 12.4. The van der Waals surface area contributed by atoms with Crippen LogP contribution in [0.2, 0.25) is 0 Å². The number of fused-ring (bicyclic) bond motifs is 1. The van der Waals surface area contributed by atoms with Gasteiger partial charge in [-0.3, -0.25) is 4.68 Å². The third kappa shape index (κ3) is 2.48. The fraction of sp³-hybridized carbons (Fsp3) is 0.462. The van der Waals surface area contributed by atoms with E-state index in [0.29, 0.717) is 0 Å². The molecule has 0 saturated heterocycles. The molecule has 0 amide bonds. The average molecular weight is 263 g/mol. The molecule has 2 aromatic rings. The van der Waals surface area contributed by atoms with Gasteiger partial charge < -0.3 is 10.1 Å². The van der Waals surface area contributed by atoms with Gasteiger partial charge in [-0.05, 0) is 23.4 Å². The molecule has 0 radical (unpaired) electrons. The lowest BCUT2D eigenvalue weighted by Crippen LogP contribution is -2.27. The lowest BCUT2D eigenvalue weighted by Gasteiger charge is -2.22. The van der Waals surface area contributed by atoms with E-state index in [0.717, 1.165) is 31.8 Å². The van der Waals surface area contributed by atoms with Crippen molar-refractivity contribution in [3.63, 3.8) is 0 Å². The largest absolute Gasteiger partial charge is 0.370 e. The molecule has 3 rings (SSSR count). The molecular formula is C13H17N3OS. The second-order valence-corrected chi connectivity index (χ2v) is 5.57. The fourth-order valence-electron chi connectivity index (χ4n) is 2.30. The molecule has 4 nitrogen and oxygen atoms in total. The molecule has 1 N–H and O–H groups in total. The predicted octanol–water partition coefficient (Wildman–Crippen LogP) is 1.89. The molecule has 1 atom stereocenters. The third-order valence-electron chi connectivity index (χ3n) is 3.14. The summed E-state index contributed by atoms with van der Waals surface area (Å²) in [5.41, 5.74) is 2.43. The maximum Gasteiger partial charge on any atom is 0.114 e. The Morgan fingerprint density at radius 3 is 3.39 bits per heavy atom. The lowest BCUT2D eigenvalue weighted by molar-refractivity contribution is 0.0394. The first kappa shape index (κ1) is 11.9. The Morgan fingerprint density at radius 2 is 2.56 bits per heavy atom. The Bertz CT molecular complexity index is 506. The van der Waals surface area contributed by atoms with Crippen LogP contribution in [-0.4, -0.2) is 22.9 Å². The molecule has 2 aromatic heterocycles. The van der Waals surface area contributed by atoms with Gasteiger partial charge in [0.05, 0.1) is 12.3 Å². The van der Waals surface area contributed by atoms with Gasteiger partial charge in [-0.15, -0.1) is 11.3 Å². The average Bonchev–Trinajstić information content (AvgIpc) is 2.97. The van der Waals surface area contributed by atoms with Crippen molar-refractivity contribution in [1.29, 1.82) is 0 Å². The van der Waals surface area contributed by atoms with E-state index in [4.69, 9.17) is 4.74 Å². The maximum atomic E-state index is 5.80. The van der Waals surface area contributed by atoms with Gasteiger partial charge in [0, 0.05) is 31.2 Å². The van der Waals surface area contributed by atoms with E-state index in [-0.39, 0.29) is 6.10 Å². The van der Waals surface area contributed by atoms with Gasteiger partial charge in [0.15, 0.2) is 0 Å². The summed E-state index contributed by atoms with van der Waals surface area (Å²) in [5.74, 6) is 0. The van der Waals surface area contributed by atoms with Crippen molar-refractivity contribution >= 4 is 11.3 Å². The van der Waals surface area contributed by atoms with Crippen LogP contribution in [0, 0.1) is 0 Å². The van der Waals surface area contributed by atoms with E-state index in [9.17, 15) is 0 Å². The summed E-state index contributed by atoms with van der Waals surface area (Å²) in [6.07, 6.45) is 3.17. The Kier molecular flexibility index (Phi) is 3.45. The summed E-state index contributed by atoms with van der Waals surface area (Å²) in [6, 6.07) is 4.22. The first-order valence-corrected chi connectivity index (χ1v) is 7.08. The number of aromatic nitrogens is 2. The van der Waals surface area contributed by atoms with E-state index >= 15 is 0 Å². The van der Waals surface area contributed by atoms with E-state index in [2.05, 4.69) is 34.1 Å². The first-order valence-electron chi connectivity index (χ1n) is 6.20. The van der Waals surface area contributed by atoms with Crippen molar-refractivity contribution in [3.05, 3.63) is 39.8 Å². The number of ether oxygens (including phenoxy) is 1. The Hall–Kier alpha value is -1.17. The van der Waals surface area contributed by atoms with Gasteiger partial charge in [0.1, 0.15) is 6.10 Å². The zero-order valence-corrected chi connectivity index (χ0v) is 11.2. The van der Waals surface area contributed by atoms with E-state index in [1.165, 1.54) is 10.4 Å². The monoisotopic (exact) mass is 263 g/mol. The molecule has 5 heteroatoms. The first-order chi connectivity index (χ1) is 8.83. The molecule has 0 spiro atoms. The van der Waals surface area contributed by atoms with Crippen LogP contribution < -0.4 is 5.32 Å². The maximum absolute atomic E-state index is 5.80. The lowest BCUT2D eigenvalue weighted by atomic mass is 10.1. The van der Waals surface area contributed by atoms with Crippen LogP contribution in [0.1, 0.15) is 22.2 Å². The molecule has 18 heavy (non-hydrogen) atoms. The molecule has 0 fully saturated rings. The van der Waals surface area contributed by atoms with Crippen LogP contribution in [0.4, 0.5) is 0 Å². The topological polar surface area (TPSA) is 39.1 Å². The number of nitrogens with zero attached hydrogens (tertiary/aromatic N) is 2. The van der Waals surface area contributed by atoms with Gasteiger partial charge in [-0.25, -0.2) is 0 Å². The number of nitrogens with one attached hydrogen (secondary N) is 1. The van der Waals surface area contributed by atoms with Crippen molar-refractivity contribution < 1.29 is 4.74 Å². The molecule has 0 aromatic carbocycles. The van der Waals surface area contributed by atoms with E-state index in [1.807, 2.05) is 11.7 Å². The van der Waals surface area contributed by atoms with Gasteiger partial charge in [0.2, 0.25) is 0 Å². The second kappa shape index (κ2) is 5.22. The Labute approximate surface area is 111 Å². The van der Waals surface area contributed by atoms with Crippen molar-refractivity contribution in [3.8, 4) is 0 Å². The smallest absolute Gasteiger partial charge is 0.114 e. The number of hydrogen-bond acceptors (Lipinski definition) is 4. The quantitative estimate of drug-likeness (QED) is 0.915. The second-order valence-electron chi connectivity index (χ2n) is 4.53. The highest BCUT2D eigenvalue weighted by molar-refractivity contribution is 7.09. The van der Waals surface area contributed by atoms with Crippen LogP contribution in [0.15, 0.2) is 23.7 Å². The van der Waals surface area contributed by atoms with Gasteiger partial charge in [0.25, 0.3) is 0 Å². The minimum Gasteiger partial charge on any atom is -0.370 e. The summed E-state index contributed by atoms with van der Waals surface area (Å²) in [6.45, 7) is 2.52. The highest BCUT2D eigenvalue weighted by Crippen LogP contribution is 2.24. The van der Waals surface area contributed by atoms with Crippen molar-refractivity contribution in [1.82, 2.24) is 15.1 Å². The van der Waals surface area contributed by atoms with Crippen LogP contribution in [0.25, 0.3) is 0 Å². The van der Waals surface area contributed by atoms with Crippen molar-refractivity contribution in [2.45, 2.75) is 19.1 Å². The number of aryl methyl sites for hydroxylation is 1. The number of thiophene rings is 1. The van der Waals surface area contributed by atoms with Gasteiger partial charge in [-0.1, -0.05) is 6.07 Å². The van der Waals surface area contributed by atoms with Crippen molar-refractivity contribution in [2.24, 2.45) is 7.05 Å². The van der Waals surface area contributed by atoms with Crippen molar-refractivity contribution in [2.75, 3.05) is 13.2 Å². The minimum absolute atomic E-state index is 0.0925. The molecule has 96 valence electrons. The third-order valence-corrected chi connectivity index (χ3v) is 4.02. The SMILES string of the molecule is Cn1cc2c(n1)[C@H](CNCc1cccs1)OCC2. The summed E-state index contributed by atoms with van der Waals surface area (Å²) in [4.78, 5) is 1.35. The van der Waals surface area contributed by atoms with Crippen LogP contribution in [0.5, 0.6) is 0 Å². The molecule has 3 heterocycles. The molecule has 0 aliphatic carbocycles. The molecule has 0 bridgehead atoms. The minimum atomic E-state index is 0.0925. The number of rotatable bonds is 4. The van der Waals surface area contributed by atoms with E-state index in [1.54, 1.807) is 11.3 Å². The molecular weight excluding hydrogens is 246 g/mol. The summed E-state index contributed by atoms with van der Waals surface area (Å²) < 4.78 is 7.68. The summed E-state index contributed by atoms with van der Waals surface area (Å²) in [5, 5.41) is 10.0. The standard InChI is InChI=1S/C13H17N3OS/c1-16-9-10-4-5-17-12(13(10)15-16)8-14-7-11-3-2-6-18-11/h2-3,6,9,12,14H,4-5,7-8H2,1H3/t12-/m0/s1. The van der Waals surface area contributed by atoms with E-state index < -0.39 is 0 Å². The normalized spacial score (nSPS) is 18.8. The van der Waals surface area contributed by atoms with Gasteiger partial charge >= 0.3 is 0 Å². The predicted molar refractivity (Wildman–Crippen MR) is 71.6 cm³/mol. The summed E-state index contributed by atoms with van der Waals surface area (Å²) in [7, 11) is 1.97. The zero-order valence-electron chi connectivity index (χ0n) is 10.4. The fourth-order valence-corrected chi connectivity index (χ4v) is 2.98. The Morgan fingerprint density at radius 1 is 1.61 bits per heavy atom. The highest BCUT2D eigenvalue weighted by Gasteiger charge is 2.23. The number of hydrogen-bond donors (Lipinski definition) is 1. The van der Waals surface area contributed by atoms with Crippen LogP contribution in [-0.2, 0) is 24.8 Å². The highest BCUT2D eigenvalue weighted by atomic mass is 32.1. The van der Waals surface area contributed by atoms with Gasteiger partial charge in [-0.2, -0.15) is 5.10 Å². The molecule has 0 saturated carbocycles. The van der Waals surface area contributed by atoms with Crippen LogP contribution in [0.3, 0.4) is 0 Å². The molecule has 0 unspecified atom stereocenters.